The van der Waals surface area contributed by atoms with E-state index in [9.17, 15) is 9.59 Å². The molecule has 0 heterocycles. The summed E-state index contributed by atoms with van der Waals surface area (Å²) in [5.74, 6) is 1.37. The number of nitrogens with one attached hydrogen (secondary N) is 1. The Morgan fingerprint density at radius 1 is 1.42 bits per heavy atom. The summed E-state index contributed by atoms with van der Waals surface area (Å²) in [7, 11) is 0. The standard InChI is InChI=1S/C14H22N2O3/c1-3-9-16(4-2)14(19)15-10-11-7-5-6-8-12(11)13(17)18/h1,11-12H,4-10H2,2H3,(H,15,19)(H,17,18). The minimum atomic E-state index is -0.755. The van der Waals surface area contributed by atoms with E-state index in [-0.39, 0.29) is 24.4 Å². The van der Waals surface area contributed by atoms with Crippen molar-refractivity contribution in [3.8, 4) is 12.3 Å². The fourth-order valence-corrected chi connectivity index (χ4v) is 2.54. The maximum atomic E-state index is 11.9. The van der Waals surface area contributed by atoms with E-state index < -0.39 is 5.97 Å². The zero-order valence-corrected chi connectivity index (χ0v) is 11.4. The van der Waals surface area contributed by atoms with Gasteiger partial charge in [-0.05, 0) is 25.7 Å². The van der Waals surface area contributed by atoms with E-state index in [2.05, 4.69) is 11.2 Å². The quantitative estimate of drug-likeness (QED) is 0.742. The lowest BCUT2D eigenvalue weighted by Gasteiger charge is -2.29. The first-order valence-corrected chi connectivity index (χ1v) is 6.79. The molecule has 2 amide bonds. The average Bonchev–Trinajstić information content (AvgIpc) is 2.42. The smallest absolute Gasteiger partial charge is 0.318 e. The van der Waals surface area contributed by atoms with Crippen molar-refractivity contribution in [1.29, 1.82) is 0 Å². The molecule has 1 fully saturated rings. The van der Waals surface area contributed by atoms with Crippen molar-refractivity contribution in [3.05, 3.63) is 0 Å². The number of amides is 2. The molecule has 0 aliphatic heterocycles. The van der Waals surface area contributed by atoms with Gasteiger partial charge in [0.25, 0.3) is 0 Å². The van der Waals surface area contributed by atoms with Crippen LogP contribution in [0, 0.1) is 24.2 Å². The number of rotatable bonds is 5. The number of terminal acetylenes is 1. The highest BCUT2D eigenvalue weighted by Crippen LogP contribution is 2.29. The molecular weight excluding hydrogens is 244 g/mol. The van der Waals surface area contributed by atoms with Crippen LogP contribution in [0.15, 0.2) is 0 Å². The molecule has 5 heteroatoms. The normalized spacial score (nSPS) is 22.3. The molecule has 1 aliphatic carbocycles. The van der Waals surface area contributed by atoms with Gasteiger partial charge in [-0.2, -0.15) is 0 Å². The predicted octanol–water partition coefficient (Wildman–Crippen LogP) is 1.54. The number of urea groups is 1. The highest BCUT2D eigenvalue weighted by molar-refractivity contribution is 5.75. The minimum Gasteiger partial charge on any atom is -0.481 e. The van der Waals surface area contributed by atoms with E-state index >= 15 is 0 Å². The lowest BCUT2D eigenvalue weighted by molar-refractivity contribution is -0.144. The Morgan fingerprint density at radius 3 is 2.68 bits per heavy atom. The van der Waals surface area contributed by atoms with Gasteiger partial charge in [0.05, 0.1) is 12.5 Å². The number of carbonyl (C=O) groups excluding carboxylic acids is 1. The zero-order chi connectivity index (χ0) is 14.3. The fourth-order valence-electron chi connectivity index (χ4n) is 2.54. The molecule has 2 N–H and O–H groups in total. The summed E-state index contributed by atoms with van der Waals surface area (Å²) in [6.07, 6.45) is 8.75. The molecule has 0 aromatic carbocycles. The van der Waals surface area contributed by atoms with Gasteiger partial charge in [-0.1, -0.05) is 18.8 Å². The summed E-state index contributed by atoms with van der Waals surface area (Å²) in [5, 5.41) is 12.0. The van der Waals surface area contributed by atoms with E-state index in [0.717, 1.165) is 19.3 Å². The molecule has 1 saturated carbocycles. The topological polar surface area (TPSA) is 69.6 Å². The van der Waals surface area contributed by atoms with Crippen LogP contribution < -0.4 is 5.32 Å². The first kappa shape index (κ1) is 15.4. The highest BCUT2D eigenvalue weighted by Gasteiger charge is 2.31. The number of carbonyl (C=O) groups is 2. The van der Waals surface area contributed by atoms with E-state index in [0.29, 0.717) is 19.5 Å². The number of nitrogens with zero attached hydrogens (tertiary/aromatic N) is 1. The first-order chi connectivity index (χ1) is 9.10. The van der Waals surface area contributed by atoms with Crippen molar-refractivity contribution in [3.63, 3.8) is 0 Å². The zero-order valence-electron chi connectivity index (χ0n) is 11.4. The van der Waals surface area contributed by atoms with Crippen molar-refractivity contribution >= 4 is 12.0 Å². The molecule has 0 bridgehead atoms. The maximum Gasteiger partial charge on any atom is 0.318 e. The van der Waals surface area contributed by atoms with Gasteiger partial charge in [0.15, 0.2) is 0 Å². The van der Waals surface area contributed by atoms with Gasteiger partial charge in [0.1, 0.15) is 0 Å². The minimum absolute atomic E-state index is 0.0275. The molecule has 19 heavy (non-hydrogen) atoms. The van der Waals surface area contributed by atoms with Crippen LogP contribution in [0.3, 0.4) is 0 Å². The maximum absolute atomic E-state index is 11.9. The van der Waals surface area contributed by atoms with Gasteiger partial charge in [0, 0.05) is 13.1 Å². The lowest BCUT2D eigenvalue weighted by Crippen LogP contribution is -2.44. The molecule has 0 radical (unpaired) electrons. The van der Waals surface area contributed by atoms with Crippen LogP contribution in [0.25, 0.3) is 0 Å². The number of aliphatic carboxylic acids is 1. The summed E-state index contributed by atoms with van der Waals surface area (Å²) >= 11 is 0. The Kier molecular flexibility index (Phi) is 6.20. The van der Waals surface area contributed by atoms with E-state index in [4.69, 9.17) is 11.5 Å². The van der Waals surface area contributed by atoms with Gasteiger partial charge < -0.3 is 15.3 Å². The monoisotopic (exact) mass is 266 g/mol. The molecule has 2 unspecified atom stereocenters. The third-order valence-corrected chi connectivity index (χ3v) is 3.69. The Hall–Kier alpha value is -1.70. The van der Waals surface area contributed by atoms with Gasteiger partial charge in [-0.25, -0.2) is 4.79 Å². The van der Waals surface area contributed by atoms with Gasteiger partial charge >= 0.3 is 12.0 Å². The third kappa shape index (κ3) is 4.47. The van der Waals surface area contributed by atoms with Crippen molar-refractivity contribution in [2.75, 3.05) is 19.6 Å². The predicted molar refractivity (Wildman–Crippen MR) is 72.6 cm³/mol. The van der Waals surface area contributed by atoms with E-state index in [1.807, 2.05) is 6.92 Å². The number of carboxylic acids is 1. The third-order valence-electron chi connectivity index (χ3n) is 3.69. The summed E-state index contributed by atoms with van der Waals surface area (Å²) in [6.45, 7) is 3.09. The molecule has 2 atom stereocenters. The van der Waals surface area contributed by atoms with Crippen LogP contribution in [-0.4, -0.2) is 41.6 Å². The Labute approximate surface area is 114 Å². The molecule has 1 rings (SSSR count). The molecule has 0 aromatic heterocycles. The molecule has 0 saturated heterocycles. The van der Waals surface area contributed by atoms with Gasteiger partial charge in [0.2, 0.25) is 0 Å². The van der Waals surface area contributed by atoms with E-state index in [1.165, 1.54) is 4.90 Å². The van der Waals surface area contributed by atoms with Crippen LogP contribution in [0.5, 0.6) is 0 Å². The summed E-state index contributed by atoms with van der Waals surface area (Å²) in [4.78, 5) is 24.5. The van der Waals surface area contributed by atoms with Crippen molar-refractivity contribution < 1.29 is 14.7 Å². The highest BCUT2D eigenvalue weighted by atomic mass is 16.4. The summed E-state index contributed by atoms with van der Waals surface area (Å²) < 4.78 is 0. The first-order valence-electron chi connectivity index (χ1n) is 6.79. The largest absolute Gasteiger partial charge is 0.481 e. The molecule has 0 aromatic rings. The second kappa shape index (κ2) is 7.67. The van der Waals surface area contributed by atoms with Gasteiger partial charge in [-0.15, -0.1) is 6.42 Å². The van der Waals surface area contributed by atoms with Crippen LogP contribution in [0.4, 0.5) is 4.79 Å². The van der Waals surface area contributed by atoms with Crippen molar-refractivity contribution in [1.82, 2.24) is 10.2 Å². The second-order valence-electron chi connectivity index (χ2n) is 4.89. The van der Waals surface area contributed by atoms with Crippen LogP contribution in [-0.2, 0) is 4.79 Å². The Morgan fingerprint density at radius 2 is 2.11 bits per heavy atom. The number of hydrogen-bond donors (Lipinski definition) is 2. The Bertz CT molecular complexity index is 362. The van der Waals surface area contributed by atoms with Crippen LogP contribution in [0.2, 0.25) is 0 Å². The van der Waals surface area contributed by atoms with Gasteiger partial charge in [-0.3, -0.25) is 4.79 Å². The van der Waals surface area contributed by atoms with Crippen LogP contribution >= 0.6 is 0 Å². The molecule has 0 spiro atoms. The number of hydrogen-bond acceptors (Lipinski definition) is 2. The molecule has 106 valence electrons. The van der Waals surface area contributed by atoms with Crippen LogP contribution in [0.1, 0.15) is 32.6 Å². The fraction of sp³-hybridized carbons (Fsp3) is 0.714. The second-order valence-corrected chi connectivity index (χ2v) is 4.89. The summed E-state index contributed by atoms with van der Waals surface area (Å²) in [5.41, 5.74) is 0. The molecule has 1 aliphatic rings. The SMILES string of the molecule is C#CCN(CC)C(=O)NCC1CCCCC1C(=O)O. The average molecular weight is 266 g/mol. The van der Waals surface area contributed by atoms with Crippen molar-refractivity contribution in [2.45, 2.75) is 32.6 Å². The molecular formula is C14H22N2O3. The van der Waals surface area contributed by atoms with Crippen molar-refractivity contribution in [2.24, 2.45) is 11.8 Å². The van der Waals surface area contributed by atoms with E-state index in [1.54, 1.807) is 0 Å². The Balaban J connectivity index is 2.47. The number of carboxylic acid groups (broad SMARTS) is 1. The molecule has 5 nitrogen and oxygen atoms in total. The lowest BCUT2D eigenvalue weighted by atomic mass is 9.79. The summed E-state index contributed by atoms with van der Waals surface area (Å²) in [6, 6.07) is -0.213.